The van der Waals surface area contributed by atoms with Crippen molar-refractivity contribution in [2.45, 2.75) is 57.2 Å². The Hall–Kier alpha value is -2.71. The van der Waals surface area contributed by atoms with Gasteiger partial charge in [-0.05, 0) is 31.5 Å². The van der Waals surface area contributed by atoms with Crippen molar-refractivity contribution in [1.29, 1.82) is 0 Å². The van der Waals surface area contributed by atoms with E-state index in [2.05, 4.69) is 11.8 Å². The summed E-state index contributed by atoms with van der Waals surface area (Å²) in [6, 6.07) is 9.73. The fourth-order valence-electron chi connectivity index (χ4n) is 4.20. The van der Waals surface area contributed by atoms with Crippen LogP contribution in [0.5, 0.6) is 0 Å². The molecule has 0 radical (unpaired) electrons. The standard InChI is InChI=1S/C19H28N2O2.C4H4O4/c1-2-20-13-17(18(22)14-20)21(16-11-7-4-8-12-16)19(23)15-9-5-3-6-10-15;5-3(6)1-2-4(7)8/h3,5-6,9-10,16-18,22H,2,4,7-8,11-14H2,1H3;1-2H,(H,5,6)(H,7,8)/b;2-1+. The van der Waals surface area contributed by atoms with E-state index in [9.17, 15) is 19.5 Å². The van der Waals surface area contributed by atoms with Gasteiger partial charge in [0.25, 0.3) is 5.91 Å². The lowest BCUT2D eigenvalue weighted by atomic mass is 9.92. The normalized spacial score (nSPS) is 22.0. The molecule has 0 spiro atoms. The van der Waals surface area contributed by atoms with Gasteiger partial charge in [0.1, 0.15) is 0 Å². The predicted molar refractivity (Wildman–Crippen MR) is 116 cm³/mol. The molecule has 8 heteroatoms. The number of carbonyl (C=O) groups is 3. The maximum atomic E-state index is 13.2. The zero-order valence-electron chi connectivity index (χ0n) is 17.9. The van der Waals surface area contributed by atoms with Crippen molar-refractivity contribution in [1.82, 2.24) is 9.80 Å². The van der Waals surface area contributed by atoms with Crippen LogP contribution in [-0.4, -0.2) is 80.8 Å². The average Bonchev–Trinajstić information content (AvgIpc) is 3.14. The molecule has 3 rings (SSSR count). The molecule has 1 amide bonds. The highest BCUT2D eigenvalue weighted by molar-refractivity contribution is 5.94. The van der Waals surface area contributed by atoms with Gasteiger partial charge in [-0.25, -0.2) is 9.59 Å². The van der Waals surface area contributed by atoms with Gasteiger partial charge in [-0.15, -0.1) is 0 Å². The van der Waals surface area contributed by atoms with Crippen LogP contribution < -0.4 is 0 Å². The zero-order chi connectivity index (χ0) is 22.8. The minimum atomic E-state index is -1.26. The molecule has 1 heterocycles. The van der Waals surface area contributed by atoms with Gasteiger partial charge in [-0.1, -0.05) is 44.4 Å². The molecule has 170 valence electrons. The van der Waals surface area contributed by atoms with Gasteiger partial charge in [-0.3, -0.25) is 9.69 Å². The second-order valence-electron chi connectivity index (χ2n) is 7.87. The van der Waals surface area contributed by atoms with Gasteiger partial charge < -0.3 is 20.2 Å². The molecule has 1 aromatic carbocycles. The molecule has 0 bridgehead atoms. The number of amides is 1. The molecule has 1 aliphatic carbocycles. The van der Waals surface area contributed by atoms with Crippen molar-refractivity contribution in [2.75, 3.05) is 19.6 Å². The Morgan fingerprint density at radius 1 is 1.00 bits per heavy atom. The summed E-state index contributed by atoms with van der Waals surface area (Å²) < 4.78 is 0. The molecule has 1 aliphatic heterocycles. The third-order valence-corrected chi connectivity index (χ3v) is 5.73. The molecule has 2 atom stereocenters. The van der Waals surface area contributed by atoms with E-state index in [1.54, 1.807) is 0 Å². The Kier molecular flexibility index (Phi) is 9.68. The molecule has 1 aromatic rings. The summed E-state index contributed by atoms with van der Waals surface area (Å²) in [6.07, 6.45) is 6.43. The van der Waals surface area contributed by atoms with E-state index in [4.69, 9.17) is 10.2 Å². The Labute approximate surface area is 182 Å². The summed E-state index contributed by atoms with van der Waals surface area (Å²) in [7, 11) is 0. The van der Waals surface area contributed by atoms with Gasteiger partial charge in [0, 0.05) is 36.8 Å². The lowest BCUT2D eigenvalue weighted by Gasteiger charge is -2.39. The minimum Gasteiger partial charge on any atom is -0.478 e. The van der Waals surface area contributed by atoms with E-state index in [0.717, 1.165) is 31.5 Å². The predicted octanol–water partition coefficient (Wildman–Crippen LogP) is 2.24. The number of nitrogens with zero attached hydrogens (tertiary/aromatic N) is 2. The second kappa shape index (κ2) is 12.2. The fraction of sp³-hybridized carbons (Fsp3) is 0.522. The molecule has 2 unspecified atom stereocenters. The third-order valence-electron chi connectivity index (χ3n) is 5.73. The Morgan fingerprint density at radius 3 is 2.06 bits per heavy atom. The highest BCUT2D eigenvalue weighted by atomic mass is 16.4. The quantitative estimate of drug-likeness (QED) is 0.590. The van der Waals surface area contributed by atoms with E-state index in [0.29, 0.717) is 18.7 Å². The van der Waals surface area contributed by atoms with Crippen molar-refractivity contribution in [3.8, 4) is 0 Å². The van der Waals surface area contributed by atoms with Gasteiger partial charge >= 0.3 is 11.9 Å². The summed E-state index contributed by atoms with van der Waals surface area (Å²) in [6.45, 7) is 4.49. The molecular weight excluding hydrogens is 400 g/mol. The largest absolute Gasteiger partial charge is 0.478 e. The van der Waals surface area contributed by atoms with Crippen molar-refractivity contribution >= 4 is 17.8 Å². The maximum Gasteiger partial charge on any atom is 0.328 e. The topological polar surface area (TPSA) is 118 Å². The Morgan fingerprint density at radius 2 is 1.58 bits per heavy atom. The fourth-order valence-corrected chi connectivity index (χ4v) is 4.20. The van der Waals surface area contributed by atoms with Crippen molar-refractivity contribution < 1.29 is 29.7 Å². The summed E-state index contributed by atoms with van der Waals surface area (Å²) in [5, 5.41) is 26.2. The lowest BCUT2D eigenvalue weighted by Crippen LogP contribution is -2.52. The highest BCUT2D eigenvalue weighted by Gasteiger charge is 2.40. The molecule has 8 nitrogen and oxygen atoms in total. The van der Waals surface area contributed by atoms with Gasteiger partial charge in [-0.2, -0.15) is 0 Å². The number of aliphatic hydroxyl groups excluding tert-OH is 1. The highest BCUT2D eigenvalue weighted by Crippen LogP contribution is 2.29. The minimum absolute atomic E-state index is 0.0780. The first-order chi connectivity index (χ1) is 14.8. The van der Waals surface area contributed by atoms with Crippen LogP contribution in [-0.2, 0) is 9.59 Å². The van der Waals surface area contributed by atoms with E-state index in [-0.39, 0.29) is 18.0 Å². The summed E-state index contributed by atoms with van der Waals surface area (Å²) in [5.41, 5.74) is 0.736. The van der Waals surface area contributed by atoms with E-state index < -0.39 is 18.0 Å². The first kappa shape index (κ1) is 24.6. The van der Waals surface area contributed by atoms with E-state index >= 15 is 0 Å². The van der Waals surface area contributed by atoms with Crippen molar-refractivity contribution in [3.05, 3.63) is 48.0 Å². The van der Waals surface area contributed by atoms with Crippen LogP contribution in [0.2, 0.25) is 0 Å². The van der Waals surface area contributed by atoms with Crippen LogP contribution in [0.1, 0.15) is 49.4 Å². The molecular formula is C23H32N2O6. The van der Waals surface area contributed by atoms with Crippen LogP contribution in [0.3, 0.4) is 0 Å². The van der Waals surface area contributed by atoms with Crippen LogP contribution in [0.25, 0.3) is 0 Å². The number of benzene rings is 1. The zero-order valence-corrected chi connectivity index (χ0v) is 17.9. The number of carbonyl (C=O) groups excluding carboxylic acids is 1. The number of hydrogen-bond donors (Lipinski definition) is 3. The van der Waals surface area contributed by atoms with Crippen LogP contribution in [0.4, 0.5) is 0 Å². The van der Waals surface area contributed by atoms with E-state index in [1.165, 1.54) is 19.3 Å². The number of rotatable bonds is 6. The van der Waals surface area contributed by atoms with Crippen molar-refractivity contribution in [3.63, 3.8) is 0 Å². The average molecular weight is 433 g/mol. The SMILES string of the molecule is CCN1CC(O)C(N(C(=O)c2ccccc2)C2CCCCC2)C1.O=C(O)/C=C/C(=O)O. The molecule has 31 heavy (non-hydrogen) atoms. The Bertz CT molecular complexity index is 745. The number of carboxylic acids is 2. The summed E-state index contributed by atoms with van der Waals surface area (Å²) >= 11 is 0. The molecule has 1 saturated carbocycles. The van der Waals surface area contributed by atoms with Crippen molar-refractivity contribution in [2.24, 2.45) is 0 Å². The maximum absolute atomic E-state index is 13.2. The lowest BCUT2D eigenvalue weighted by molar-refractivity contribution is -0.134. The molecule has 0 aromatic heterocycles. The summed E-state index contributed by atoms with van der Waals surface area (Å²) in [5.74, 6) is -2.43. The first-order valence-corrected chi connectivity index (χ1v) is 10.8. The smallest absolute Gasteiger partial charge is 0.328 e. The van der Waals surface area contributed by atoms with Gasteiger partial charge in [0.2, 0.25) is 0 Å². The number of hydrogen-bond acceptors (Lipinski definition) is 5. The number of aliphatic hydroxyl groups is 1. The second-order valence-corrected chi connectivity index (χ2v) is 7.87. The molecule has 3 N–H and O–H groups in total. The number of likely N-dealkylation sites (tertiary alicyclic amines) is 1. The van der Waals surface area contributed by atoms with Gasteiger partial charge in [0.15, 0.2) is 0 Å². The third kappa shape index (κ3) is 7.48. The molecule has 2 aliphatic rings. The number of aliphatic carboxylic acids is 2. The van der Waals surface area contributed by atoms with E-state index in [1.807, 2.05) is 35.2 Å². The molecule has 1 saturated heterocycles. The van der Waals surface area contributed by atoms with Gasteiger partial charge in [0.05, 0.1) is 12.1 Å². The number of carboxylic acid groups (broad SMARTS) is 2. The number of β-amino-alcohol motifs (C(OH)–C–C–N with tert-alkyl or cyclic N) is 1. The molecule has 2 fully saturated rings. The van der Waals surface area contributed by atoms with Crippen LogP contribution in [0, 0.1) is 0 Å². The van der Waals surface area contributed by atoms with Crippen LogP contribution in [0.15, 0.2) is 42.5 Å². The van der Waals surface area contributed by atoms with Crippen LogP contribution >= 0.6 is 0 Å². The Balaban J connectivity index is 0.000000366. The first-order valence-electron chi connectivity index (χ1n) is 10.8. The summed E-state index contributed by atoms with van der Waals surface area (Å²) in [4.78, 5) is 36.5. The monoisotopic (exact) mass is 432 g/mol. The number of likely N-dealkylation sites (N-methyl/N-ethyl adjacent to an activating group) is 1.